The predicted octanol–water partition coefficient (Wildman–Crippen LogP) is 1.84. The van der Waals surface area contributed by atoms with E-state index in [1.54, 1.807) is 6.33 Å². The van der Waals surface area contributed by atoms with Gasteiger partial charge in [0.1, 0.15) is 0 Å². The van der Waals surface area contributed by atoms with Crippen molar-refractivity contribution in [1.82, 2.24) is 19.5 Å². The Bertz CT molecular complexity index is 479. The summed E-state index contributed by atoms with van der Waals surface area (Å²) in [5, 5.41) is 3.42. The van der Waals surface area contributed by atoms with Gasteiger partial charge in [-0.15, -0.1) is 0 Å². The Hall–Kier alpha value is -1.36. The fourth-order valence-electron chi connectivity index (χ4n) is 1.35. The van der Waals surface area contributed by atoms with E-state index in [0.29, 0.717) is 5.82 Å². The smallest absolute Gasteiger partial charge is 0.226 e. The summed E-state index contributed by atoms with van der Waals surface area (Å²) in [6, 6.07) is 0. The van der Waals surface area contributed by atoms with Gasteiger partial charge >= 0.3 is 0 Å². The fourth-order valence-corrected chi connectivity index (χ4v) is 1.51. The highest BCUT2D eigenvalue weighted by Crippen LogP contribution is 2.19. The number of fused-ring (bicyclic) bond motifs is 1. The standard InChI is InChI=1S/C9H12ClN5/c1-3-4-11-7-6-8(14-9(10)13-7)15(2)5-12-6/h5H,3-4H2,1-2H3,(H,11,13,14). The summed E-state index contributed by atoms with van der Waals surface area (Å²) in [5.74, 6) is 0.701. The molecule has 1 N–H and O–H groups in total. The van der Waals surface area contributed by atoms with E-state index in [9.17, 15) is 0 Å². The van der Waals surface area contributed by atoms with Crippen LogP contribution >= 0.6 is 11.6 Å². The maximum Gasteiger partial charge on any atom is 0.226 e. The summed E-state index contributed by atoms with van der Waals surface area (Å²) in [6.45, 7) is 2.93. The average molecular weight is 226 g/mol. The number of aromatic nitrogens is 4. The van der Waals surface area contributed by atoms with Gasteiger partial charge in [-0.3, -0.25) is 0 Å². The van der Waals surface area contributed by atoms with Crippen molar-refractivity contribution in [3.63, 3.8) is 0 Å². The molecular weight excluding hydrogens is 214 g/mol. The minimum atomic E-state index is 0.240. The van der Waals surface area contributed by atoms with Gasteiger partial charge in [0, 0.05) is 13.6 Å². The number of nitrogens with zero attached hydrogens (tertiary/aromatic N) is 4. The first kappa shape index (κ1) is 10.2. The van der Waals surface area contributed by atoms with E-state index in [0.717, 1.165) is 24.1 Å². The molecule has 0 unspecified atom stereocenters. The summed E-state index contributed by atoms with van der Waals surface area (Å²) in [4.78, 5) is 12.5. The summed E-state index contributed by atoms with van der Waals surface area (Å²) in [7, 11) is 1.88. The third kappa shape index (κ3) is 1.87. The fraction of sp³-hybridized carbons (Fsp3) is 0.444. The number of nitrogens with one attached hydrogen (secondary N) is 1. The third-order valence-electron chi connectivity index (χ3n) is 2.07. The van der Waals surface area contributed by atoms with E-state index >= 15 is 0 Å². The average Bonchev–Trinajstić information content (AvgIpc) is 2.57. The Kier molecular flexibility index (Phi) is 2.73. The van der Waals surface area contributed by atoms with Gasteiger partial charge in [-0.05, 0) is 18.0 Å². The molecule has 5 nitrogen and oxygen atoms in total. The van der Waals surface area contributed by atoms with Crippen LogP contribution in [-0.2, 0) is 7.05 Å². The number of aryl methyl sites for hydroxylation is 1. The molecule has 15 heavy (non-hydrogen) atoms. The quantitative estimate of drug-likeness (QED) is 0.810. The number of anilines is 1. The SMILES string of the molecule is CCCNc1nc(Cl)nc2c1ncn2C. The second-order valence-corrected chi connectivity index (χ2v) is 3.63. The van der Waals surface area contributed by atoms with Crippen LogP contribution in [0.4, 0.5) is 5.82 Å². The summed E-state index contributed by atoms with van der Waals surface area (Å²) in [6.07, 6.45) is 2.72. The highest BCUT2D eigenvalue weighted by atomic mass is 35.5. The molecule has 0 aliphatic rings. The van der Waals surface area contributed by atoms with Crippen molar-refractivity contribution < 1.29 is 0 Å². The van der Waals surface area contributed by atoms with Crippen molar-refractivity contribution in [2.24, 2.45) is 7.05 Å². The zero-order chi connectivity index (χ0) is 10.8. The lowest BCUT2D eigenvalue weighted by Crippen LogP contribution is -2.04. The summed E-state index contributed by atoms with van der Waals surface area (Å²) in [5.41, 5.74) is 1.50. The molecule has 0 aromatic carbocycles. The van der Waals surface area contributed by atoms with Gasteiger partial charge in [0.15, 0.2) is 17.0 Å². The number of halogens is 1. The topological polar surface area (TPSA) is 55.6 Å². The van der Waals surface area contributed by atoms with E-state index in [2.05, 4.69) is 27.2 Å². The minimum absolute atomic E-state index is 0.240. The number of rotatable bonds is 3. The second-order valence-electron chi connectivity index (χ2n) is 3.30. The molecule has 2 aromatic heterocycles. The van der Waals surface area contributed by atoms with Crippen molar-refractivity contribution in [2.45, 2.75) is 13.3 Å². The van der Waals surface area contributed by atoms with Crippen molar-refractivity contribution in [3.8, 4) is 0 Å². The monoisotopic (exact) mass is 225 g/mol. The van der Waals surface area contributed by atoms with Gasteiger partial charge < -0.3 is 9.88 Å². The number of hydrogen-bond acceptors (Lipinski definition) is 4. The Balaban J connectivity index is 2.52. The lowest BCUT2D eigenvalue weighted by Gasteiger charge is -2.04. The van der Waals surface area contributed by atoms with Gasteiger partial charge in [-0.25, -0.2) is 4.98 Å². The first-order valence-corrected chi connectivity index (χ1v) is 5.18. The minimum Gasteiger partial charge on any atom is -0.368 e. The largest absolute Gasteiger partial charge is 0.368 e. The normalized spacial score (nSPS) is 10.9. The highest BCUT2D eigenvalue weighted by Gasteiger charge is 2.09. The summed E-state index contributed by atoms with van der Waals surface area (Å²) < 4.78 is 1.82. The molecule has 0 atom stereocenters. The van der Waals surface area contributed by atoms with E-state index in [1.165, 1.54) is 0 Å². The van der Waals surface area contributed by atoms with Crippen LogP contribution in [0.25, 0.3) is 11.2 Å². The molecule has 2 rings (SSSR count). The van der Waals surface area contributed by atoms with Crippen LogP contribution in [0.3, 0.4) is 0 Å². The zero-order valence-corrected chi connectivity index (χ0v) is 9.41. The van der Waals surface area contributed by atoms with Gasteiger partial charge in [-0.1, -0.05) is 6.92 Å². The van der Waals surface area contributed by atoms with Crippen LogP contribution in [0.15, 0.2) is 6.33 Å². The van der Waals surface area contributed by atoms with Crippen molar-refractivity contribution >= 4 is 28.6 Å². The number of hydrogen-bond donors (Lipinski definition) is 1. The van der Waals surface area contributed by atoms with Crippen molar-refractivity contribution in [2.75, 3.05) is 11.9 Å². The Labute approximate surface area is 92.5 Å². The lowest BCUT2D eigenvalue weighted by atomic mass is 10.4. The number of imidazole rings is 1. The third-order valence-corrected chi connectivity index (χ3v) is 2.24. The van der Waals surface area contributed by atoms with Crippen molar-refractivity contribution in [3.05, 3.63) is 11.6 Å². The Morgan fingerprint density at radius 3 is 3.00 bits per heavy atom. The van der Waals surface area contributed by atoms with Crippen molar-refractivity contribution in [1.29, 1.82) is 0 Å². The Morgan fingerprint density at radius 2 is 2.27 bits per heavy atom. The van der Waals surface area contributed by atoms with Gasteiger partial charge in [0.05, 0.1) is 6.33 Å². The molecule has 0 spiro atoms. The van der Waals surface area contributed by atoms with Crippen LogP contribution in [0.5, 0.6) is 0 Å². The van der Waals surface area contributed by atoms with E-state index in [1.807, 2.05) is 11.6 Å². The molecule has 80 valence electrons. The summed E-state index contributed by atoms with van der Waals surface area (Å²) >= 11 is 5.83. The van der Waals surface area contributed by atoms with Crippen LogP contribution in [0.2, 0.25) is 5.28 Å². The van der Waals surface area contributed by atoms with E-state index in [-0.39, 0.29) is 5.28 Å². The van der Waals surface area contributed by atoms with Gasteiger partial charge in [0.2, 0.25) is 5.28 Å². The first-order valence-electron chi connectivity index (χ1n) is 4.80. The Morgan fingerprint density at radius 1 is 1.47 bits per heavy atom. The van der Waals surface area contributed by atoms with Crippen LogP contribution in [0, 0.1) is 0 Å². The molecule has 0 saturated carbocycles. The molecule has 0 saturated heterocycles. The molecule has 2 aromatic rings. The molecule has 6 heteroatoms. The van der Waals surface area contributed by atoms with Crippen LogP contribution in [-0.4, -0.2) is 26.1 Å². The predicted molar refractivity (Wildman–Crippen MR) is 60.1 cm³/mol. The second kappa shape index (κ2) is 4.02. The highest BCUT2D eigenvalue weighted by molar-refractivity contribution is 6.28. The molecule has 0 aliphatic carbocycles. The molecule has 0 amide bonds. The maximum atomic E-state index is 5.83. The molecule has 2 heterocycles. The van der Waals surface area contributed by atoms with E-state index in [4.69, 9.17) is 11.6 Å². The first-order chi connectivity index (χ1) is 7.22. The van der Waals surface area contributed by atoms with E-state index < -0.39 is 0 Å². The van der Waals surface area contributed by atoms with Crippen LogP contribution < -0.4 is 5.32 Å². The molecular formula is C9H12ClN5. The molecule has 0 bridgehead atoms. The maximum absolute atomic E-state index is 5.83. The molecule has 0 radical (unpaired) electrons. The lowest BCUT2D eigenvalue weighted by molar-refractivity contribution is 0.927. The van der Waals surface area contributed by atoms with Gasteiger partial charge in [0.25, 0.3) is 0 Å². The van der Waals surface area contributed by atoms with Crippen LogP contribution in [0.1, 0.15) is 13.3 Å². The molecule has 0 aliphatic heterocycles. The zero-order valence-electron chi connectivity index (χ0n) is 8.66. The molecule has 0 fully saturated rings. The van der Waals surface area contributed by atoms with Gasteiger partial charge in [-0.2, -0.15) is 9.97 Å².